The quantitative estimate of drug-likeness (QED) is 0.877. The van der Waals surface area contributed by atoms with E-state index in [-0.39, 0.29) is 11.5 Å². The average molecular weight is 237 g/mol. The van der Waals surface area contributed by atoms with Gasteiger partial charge in [-0.3, -0.25) is 0 Å². The predicted molar refractivity (Wildman–Crippen MR) is 66.4 cm³/mol. The summed E-state index contributed by atoms with van der Waals surface area (Å²) in [7, 11) is 0. The zero-order valence-corrected chi connectivity index (χ0v) is 11.2. The van der Waals surface area contributed by atoms with Gasteiger partial charge in [0.25, 0.3) is 0 Å². The molecule has 17 heavy (non-hydrogen) atoms. The Balaban J connectivity index is 2.18. The monoisotopic (exact) mass is 237 g/mol. The van der Waals surface area contributed by atoms with Crippen LogP contribution >= 0.6 is 0 Å². The molecule has 2 N–H and O–H groups in total. The molecule has 0 aliphatic heterocycles. The summed E-state index contributed by atoms with van der Waals surface area (Å²) in [5.41, 5.74) is 6.30. The topological polar surface area (TPSA) is 64.9 Å². The van der Waals surface area contributed by atoms with Crippen molar-refractivity contribution in [3.63, 3.8) is 0 Å². The standard InChI is InChI=1S/C13H23N3O/c1-8(2)10(14)11-15-12(17-16-11)9-6-5-7-13(9,3)4/h8-10H,5-7,14H2,1-4H3. The summed E-state index contributed by atoms with van der Waals surface area (Å²) in [6.07, 6.45) is 3.61. The van der Waals surface area contributed by atoms with Crippen LogP contribution in [-0.4, -0.2) is 10.1 Å². The lowest BCUT2D eigenvalue weighted by Gasteiger charge is -2.23. The van der Waals surface area contributed by atoms with Gasteiger partial charge in [0.2, 0.25) is 5.89 Å². The summed E-state index contributed by atoms with van der Waals surface area (Å²) in [6.45, 7) is 8.69. The number of rotatable bonds is 3. The summed E-state index contributed by atoms with van der Waals surface area (Å²) >= 11 is 0. The largest absolute Gasteiger partial charge is 0.339 e. The lowest BCUT2D eigenvalue weighted by atomic mass is 9.82. The Morgan fingerprint density at radius 3 is 2.65 bits per heavy atom. The van der Waals surface area contributed by atoms with E-state index in [0.717, 1.165) is 12.3 Å². The summed E-state index contributed by atoms with van der Waals surface area (Å²) in [4.78, 5) is 4.51. The minimum Gasteiger partial charge on any atom is -0.339 e. The summed E-state index contributed by atoms with van der Waals surface area (Å²) in [5, 5.41) is 4.04. The first-order chi connectivity index (χ1) is 7.92. The Morgan fingerprint density at radius 1 is 1.41 bits per heavy atom. The molecule has 1 aromatic heterocycles. The predicted octanol–water partition coefficient (Wildman–Crippen LogP) is 3.02. The van der Waals surface area contributed by atoms with Crippen molar-refractivity contribution in [3.8, 4) is 0 Å². The number of hydrogen-bond acceptors (Lipinski definition) is 4. The highest BCUT2D eigenvalue weighted by Gasteiger charge is 2.39. The Morgan fingerprint density at radius 2 is 2.12 bits per heavy atom. The van der Waals surface area contributed by atoms with Gasteiger partial charge in [-0.1, -0.05) is 39.3 Å². The fraction of sp³-hybridized carbons (Fsp3) is 0.846. The van der Waals surface area contributed by atoms with Gasteiger partial charge in [-0.15, -0.1) is 0 Å². The molecule has 1 saturated carbocycles. The summed E-state index contributed by atoms with van der Waals surface area (Å²) < 4.78 is 5.41. The van der Waals surface area contributed by atoms with Crippen LogP contribution in [0, 0.1) is 11.3 Å². The lowest BCUT2D eigenvalue weighted by Crippen LogP contribution is -2.19. The number of hydrogen-bond donors (Lipinski definition) is 1. The van der Waals surface area contributed by atoms with E-state index in [0.29, 0.717) is 17.7 Å². The van der Waals surface area contributed by atoms with Crippen molar-refractivity contribution in [2.24, 2.45) is 17.1 Å². The number of aromatic nitrogens is 2. The third-order valence-corrected chi connectivity index (χ3v) is 4.03. The minimum atomic E-state index is -0.128. The summed E-state index contributed by atoms with van der Waals surface area (Å²) in [5.74, 6) is 2.15. The van der Waals surface area contributed by atoms with Crippen LogP contribution in [0.3, 0.4) is 0 Å². The van der Waals surface area contributed by atoms with Crippen LogP contribution in [0.15, 0.2) is 4.52 Å². The van der Waals surface area contributed by atoms with Crippen molar-refractivity contribution >= 4 is 0 Å². The molecule has 0 bridgehead atoms. The number of nitrogens with two attached hydrogens (primary N) is 1. The van der Waals surface area contributed by atoms with Crippen LogP contribution in [0.1, 0.15) is 70.6 Å². The van der Waals surface area contributed by atoms with Gasteiger partial charge in [0.15, 0.2) is 5.82 Å². The van der Waals surface area contributed by atoms with Crippen molar-refractivity contribution in [2.75, 3.05) is 0 Å². The van der Waals surface area contributed by atoms with E-state index in [2.05, 4.69) is 37.8 Å². The highest BCUT2D eigenvalue weighted by atomic mass is 16.5. The van der Waals surface area contributed by atoms with Gasteiger partial charge in [-0.25, -0.2) is 0 Å². The molecule has 1 aliphatic carbocycles. The van der Waals surface area contributed by atoms with Crippen LogP contribution in [0.4, 0.5) is 0 Å². The Hall–Kier alpha value is -0.900. The number of nitrogens with zero attached hydrogens (tertiary/aromatic N) is 2. The second kappa shape index (κ2) is 4.41. The highest BCUT2D eigenvalue weighted by Crippen LogP contribution is 2.48. The van der Waals surface area contributed by atoms with Gasteiger partial charge in [-0.05, 0) is 24.2 Å². The van der Waals surface area contributed by atoms with Gasteiger partial charge >= 0.3 is 0 Å². The van der Waals surface area contributed by atoms with E-state index >= 15 is 0 Å². The molecule has 0 amide bonds. The molecule has 4 heteroatoms. The van der Waals surface area contributed by atoms with Gasteiger partial charge < -0.3 is 10.3 Å². The van der Waals surface area contributed by atoms with E-state index in [1.807, 2.05) is 0 Å². The van der Waals surface area contributed by atoms with E-state index in [4.69, 9.17) is 10.3 Å². The molecule has 0 spiro atoms. The maximum atomic E-state index is 6.03. The third-order valence-electron chi connectivity index (χ3n) is 4.03. The second-order valence-electron chi connectivity index (χ2n) is 6.19. The molecule has 0 saturated heterocycles. The van der Waals surface area contributed by atoms with Gasteiger partial charge in [0.1, 0.15) is 0 Å². The fourth-order valence-corrected chi connectivity index (χ4v) is 2.61. The Labute approximate surface area is 103 Å². The molecular weight excluding hydrogens is 214 g/mol. The third kappa shape index (κ3) is 2.37. The van der Waals surface area contributed by atoms with E-state index in [9.17, 15) is 0 Å². The molecule has 0 aromatic carbocycles. The summed E-state index contributed by atoms with van der Waals surface area (Å²) in [6, 6.07) is -0.128. The molecule has 2 unspecified atom stereocenters. The molecule has 1 heterocycles. The SMILES string of the molecule is CC(C)C(N)c1noc(C2CCCC2(C)C)n1. The van der Waals surface area contributed by atoms with Crippen molar-refractivity contribution in [1.82, 2.24) is 10.1 Å². The minimum absolute atomic E-state index is 0.128. The van der Waals surface area contributed by atoms with E-state index in [1.165, 1.54) is 12.8 Å². The molecule has 1 aliphatic rings. The van der Waals surface area contributed by atoms with Gasteiger partial charge in [-0.2, -0.15) is 4.98 Å². The van der Waals surface area contributed by atoms with Gasteiger partial charge in [0.05, 0.1) is 6.04 Å². The lowest BCUT2D eigenvalue weighted by molar-refractivity contribution is 0.259. The molecular formula is C13H23N3O. The van der Waals surface area contributed by atoms with Crippen LogP contribution in [-0.2, 0) is 0 Å². The maximum Gasteiger partial charge on any atom is 0.230 e. The second-order valence-corrected chi connectivity index (χ2v) is 6.19. The first-order valence-corrected chi connectivity index (χ1v) is 6.51. The molecule has 1 fully saturated rings. The molecule has 1 aromatic rings. The van der Waals surface area contributed by atoms with Crippen LogP contribution in [0.25, 0.3) is 0 Å². The van der Waals surface area contributed by atoms with Gasteiger partial charge in [0, 0.05) is 5.92 Å². The Kier molecular flexibility index (Phi) is 3.25. The fourth-order valence-electron chi connectivity index (χ4n) is 2.61. The van der Waals surface area contributed by atoms with E-state index in [1.54, 1.807) is 0 Å². The zero-order chi connectivity index (χ0) is 12.6. The van der Waals surface area contributed by atoms with Crippen molar-refractivity contribution in [1.29, 1.82) is 0 Å². The normalized spacial score (nSPS) is 25.4. The van der Waals surface area contributed by atoms with Crippen LogP contribution in [0.2, 0.25) is 0 Å². The van der Waals surface area contributed by atoms with E-state index < -0.39 is 0 Å². The highest BCUT2D eigenvalue weighted by molar-refractivity contribution is 5.05. The van der Waals surface area contributed by atoms with Crippen LogP contribution in [0.5, 0.6) is 0 Å². The molecule has 0 radical (unpaired) electrons. The molecule has 2 atom stereocenters. The first kappa shape index (κ1) is 12.6. The molecule has 2 rings (SSSR count). The van der Waals surface area contributed by atoms with Crippen LogP contribution < -0.4 is 5.73 Å². The maximum absolute atomic E-state index is 6.03. The molecule has 96 valence electrons. The molecule has 4 nitrogen and oxygen atoms in total. The van der Waals surface area contributed by atoms with Crippen molar-refractivity contribution in [3.05, 3.63) is 11.7 Å². The average Bonchev–Trinajstić information content (AvgIpc) is 2.82. The first-order valence-electron chi connectivity index (χ1n) is 6.51. The smallest absolute Gasteiger partial charge is 0.230 e. The Bertz CT molecular complexity index is 384. The zero-order valence-electron chi connectivity index (χ0n) is 11.2. The van der Waals surface area contributed by atoms with Crippen molar-refractivity contribution in [2.45, 2.75) is 58.9 Å². The van der Waals surface area contributed by atoms with Crippen molar-refractivity contribution < 1.29 is 4.52 Å².